The van der Waals surface area contributed by atoms with Crippen molar-refractivity contribution in [2.75, 3.05) is 6.54 Å². The van der Waals surface area contributed by atoms with E-state index in [1.165, 1.54) is 6.42 Å². The lowest BCUT2D eigenvalue weighted by Crippen LogP contribution is -2.69. The van der Waals surface area contributed by atoms with Crippen molar-refractivity contribution in [3.05, 3.63) is 29.8 Å². The normalized spacial score (nSPS) is 34.9. The number of nitrogens with zero attached hydrogens (tertiary/aromatic N) is 1. The molecule has 3 aliphatic rings. The predicted molar refractivity (Wildman–Crippen MR) is 103 cm³/mol. The topological polar surface area (TPSA) is 69.6 Å². The molecule has 1 aromatic rings. The van der Waals surface area contributed by atoms with Gasteiger partial charge < -0.3 is 15.3 Å². The molecule has 0 radical (unpaired) electrons. The Morgan fingerprint density at radius 2 is 1.93 bits per heavy atom. The van der Waals surface area contributed by atoms with E-state index in [2.05, 4.69) is 19.2 Å². The fourth-order valence-corrected chi connectivity index (χ4v) is 5.35. The van der Waals surface area contributed by atoms with E-state index in [9.17, 15) is 14.7 Å². The third kappa shape index (κ3) is 3.11. The van der Waals surface area contributed by atoms with Gasteiger partial charge in [-0.15, -0.1) is 0 Å². The quantitative estimate of drug-likeness (QED) is 0.841. The molecular weight excluding hydrogens is 340 g/mol. The van der Waals surface area contributed by atoms with Crippen molar-refractivity contribution in [2.24, 2.45) is 11.8 Å². The lowest BCUT2D eigenvalue weighted by molar-refractivity contribution is -0.156. The number of hydrogen-bond acceptors (Lipinski definition) is 3. The van der Waals surface area contributed by atoms with Gasteiger partial charge in [-0.2, -0.15) is 0 Å². The summed E-state index contributed by atoms with van der Waals surface area (Å²) >= 11 is 0. The van der Waals surface area contributed by atoms with Crippen LogP contribution in [0, 0.1) is 11.8 Å². The molecule has 3 fully saturated rings. The molecule has 0 unspecified atom stereocenters. The highest BCUT2D eigenvalue weighted by Crippen LogP contribution is 2.44. The number of benzene rings is 1. The first-order valence-corrected chi connectivity index (χ1v) is 10.3. The first kappa shape index (κ1) is 18.3. The number of carbonyl (C=O) groups is 2. The maximum Gasteiger partial charge on any atom is 0.246 e. The van der Waals surface area contributed by atoms with Crippen molar-refractivity contribution in [1.82, 2.24) is 10.2 Å². The molecular formula is C22H30N2O3. The van der Waals surface area contributed by atoms with E-state index in [0.717, 1.165) is 31.2 Å². The van der Waals surface area contributed by atoms with Crippen molar-refractivity contribution in [3.8, 4) is 5.75 Å². The van der Waals surface area contributed by atoms with Crippen LogP contribution in [0.4, 0.5) is 0 Å². The van der Waals surface area contributed by atoms with Gasteiger partial charge in [0.15, 0.2) is 0 Å². The van der Waals surface area contributed by atoms with Crippen molar-refractivity contribution in [3.63, 3.8) is 0 Å². The minimum Gasteiger partial charge on any atom is -0.508 e. The molecule has 2 amide bonds. The van der Waals surface area contributed by atoms with E-state index in [0.29, 0.717) is 13.0 Å². The van der Waals surface area contributed by atoms with Crippen LogP contribution in [0.5, 0.6) is 5.75 Å². The fourth-order valence-electron chi connectivity index (χ4n) is 5.35. The summed E-state index contributed by atoms with van der Waals surface area (Å²) in [6, 6.07) is 6.56. The van der Waals surface area contributed by atoms with E-state index in [4.69, 9.17) is 0 Å². The zero-order valence-electron chi connectivity index (χ0n) is 16.3. The molecule has 2 heterocycles. The Hall–Kier alpha value is -2.04. The molecule has 1 aromatic carbocycles. The highest BCUT2D eigenvalue weighted by atomic mass is 16.3. The minimum absolute atomic E-state index is 0.0107. The van der Waals surface area contributed by atoms with Crippen LogP contribution in [0.25, 0.3) is 0 Å². The van der Waals surface area contributed by atoms with Gasteiger partial charge in [-0.25, -0.2) is 0 Å². The fraction of sp³-hybridized carbons (Fsp3) is 0.636. The lowest BCUT2D eigenvalue weighted by atomic mass is 9.65. The molecule has 1 aliphatic carbocycles. The second-order valence-corrected chi connectivity index (χ2v) is 8.96. The van der Waals surface area contributed by atoms with E-state index in [1.807, 2.05) is 17.0 Å². The number of aromatic hydroxyl groups is 1. The van der Waals surface area contributed by atoms with Gasteiger partial charge in [0.05, 0.1) is 0 Å². The summed E-state index contributed by atoms with van der Waals surface area (Å²) in [5, 5.41) is 13.0. The first-order chi connectivity index (χ1) is 12.9. The molecule has 2 saturated heterocycles. The number of rotatable bonds is 2. The molecule has 5 heteroatoms. The van der Waals surface area contributed by atoms with Crippen LogP contribution in [0.1, 0.15) is 57.9 Å². The lowest BCUT2D eigenvalue weighted by Gasteiger charge is -2.52. The van der Waals surface area contributed by atoms with Crippen LogP contribution in [-0.4, -0.2) is 40.4 Å². The van der Waals surface area contributed by atoms with Crippen LogP contribution < -0.4 is 5.32 Å². The predicted octanol–water partition coefficient (Wildman–Crippen LogP) is 2.97. The standard InChI is InChI=1S/C22H30N2O3/c1-14-13-24-18(12-22(14,2)16-9-6-10-17(25)11-16)20(26)23-19(21(24)27)15-7-4-3-5-8-15/h6,9-11,14-15,18-19,25H,3-5,7-8,12-13H2,1-2H3,(H,23,26)/t14-,18+,19-,22+/m0/s1. The number of amides is 2. The van der Waals surface area contributed by atoms with Gasteiger partial charge in [0.2, 0.25) is 11.8 Å². The Balaban J connectivity index is 1.59. The van der Waals surface area contributed by atoms with Gasteiger partial charge in [-0.1, -0.05) is 45.2 Å². The van der Waals surface area contributed by atoms with Crippen LogP contribution >= 0.6 is 0 Å². The molecule has 0 bridgehead atoms. The molecule has 0 aromatic heterocycles. The van der Waals surface area contributed by atoms with Gasteiger partial charge in [-0.05, 0) is 54.2 Å². The number of carbonyl (C=O) groups excluding carboxylic acids is 2. The van der Waals surface area contributed by atoms with Gasteiger partial charge in [0.25, 0.3) is 0 Å². The first-order valence-electron chi connectivity index (χ1n) is 10.3. The number of piperazine rings is 1. The van der Waals surface area contributed by atoms with E-state index >= 15 is 0 Å². The molecule has 146 valence electrons. The summed E-state index contributed by atoms with van der Waals surface area (Å²) in [5.41, 5.74) is 0.777. The molecule has 27 heavy (non-hydrogen) atoms. The van der Waals surface area contributed by atoms with Gasteiger partial charge in [0.1, 0.15) is 17.8 Å². The van der Waals surface area contributed by atoms with Crippen molar-refractivity contribution in [1.29, 1.82) is 0 Å². The minimum atomic E-state index is -0.416. The molecule has 0 spiro atoms. The zero-order valence-corrected chi connectivity index (χ0v) is 16.3. The Labute approximate surface area is 161 Å². The largest absolute Gasteiger partial charge is 0.508 e. The monoisotopic (exact) mass is 370 g/mol. The third-order valence-corrected chi connectivity index (χ3v) is 7.33. The molecule has 1 saturated carbocycles. The summed E-state index contributed by atoms with van der Waals surface area (Å²) in [4.78, 5) is 28.0. The zero-order chi connectivity index (χ0) is 19.2. The van der Waals surface area contributed by atoms with Crippen molar-refractivity contribution >= 4 is 11.8 Å². The number of fused-ring (bicyclic) bond motifs is 1. The average Bonchev–Trinajstić information content (AvgIpc) is 2.67. The smallest absolute Gasteiger partial charge is 0.246 e. The van der Waals surface area contributed by atoms with Crippen molar-refractivity contribution in [2.45, 2.75) is 69.9 Å². The molecule has 2 N–H and O–H groups in total. The summed E-state index contributed by atoms with van der Waals surface area (Å²) in [7, 11) is 0. The summed E-state index contributed by atoms with van der Waals surface area (Å²) in [6.45, 7) is 4.89. The highest BCUT2D eigenvalue weighted by Gasteiger charge is 2.51. The van der Waals surface area contributed by atoms with Crippen LogP contribution in [0.15, 0.2) is 24.3 Å². The van der Waals surface area contributed by atoms with Crippen molar-refractivity contribution < 1.29 is 14.7 Å². The highest BCUT2D eigenvalue weighted by molar-refractivity contribution is 5.97. The summed E-state index contributed by atoms with van der Waals surface area (Å²) < 4.78 is 0. The molecule has 4 rings (SSSR count). The maximum absolute atomic E-state index is 13.2. The molecule has 2 aliphatic heterocycles. The molecule has 5 nitrogen and oxygen atoms in total. The van der Waals surface area contributed by atoms with Gasteiger partial charge in [-0.3, -0.25) is 9.59 Å². The van der Waals surface area contributed by atoms with E-state index < -0.39 is 6.04 Å². The van der Waals surface area contributed by atoms with Crippen LogP contribution in [-0.2, 0) is 15.0 Å². The van der Waals surface area contributed by atoms with Crippen LogP contribution in [0.3, 0.4) is 0 Å². The second-order valence-electron chi connectivity index (χ2n) is 8.96. The number of phenols is 1. The molecule has 4 atom stereocenters. The van der Waals surface area contributed by atoms with E-state index in [-0.39, 0.29) is 40.9 Å². The maximum atomic E-state index is 13.2. The average molecular weight is 370 g/mol. The number of piperidine rings is 1. The number of nitrogens with one attached hydrogen (secondary N) is 1. The second kappa shape index (κ2) is 6.84. The van der Waals surface area contributed by atoms with Gasteiger partial charge >= 0.3 is 0 Å². The third-order valence-electron chi connectivity index (χ3n) is 7.33. The van der Waals surface area contributed by atoms with Gasteiger partial charge in [0, 0.05) is 6.54 Å². The SMILES string of the molecule is C[C@H]1CN2C(=O)[C@H](C3CCCCC3)NC(=O)[C@H]2C[C@@]1(C)c1cccc(O)c1. The summed E-state index contributed by atoms with van der Waals surface area (Å²) in [6.07, 6.45) is 6.19. The Kier molecular flexibility index (Phi) is 4.65. The Bertz CT molecular complexity index is 743. The Morgan fingerprint density at radius 1 is 1.19 bits per heavy atom. The van der Waals surface area contributed by atoms with E-state index in [1.54, 1.807) is 12.1 Å². The Morgan fingerprint density at radius 3 is 2.63 bits per heavy atom. The summed E-state index contributed by atoms with van der Waals surface area (Å²) in [5.74, 6) is 0.827. The number of hydrogen-bond donors (Lipinski definition) is 2. The van der Waals surface area contributed by atoms with Crippen LogP contribution in [0.2, 0.25) is 0 Å². The number of phenolic OH excluding ortho intramolecular Hbond substituents is 1.